The van der Waals surface area contributed by atoms with Crippen LogP contribution < -0.4 is 19.9 Å². The SMILES string of the molecule is COc1ccc(S(=O)(=O)NC(C)(CN)C(C)C)cc1OC. The second kappa shape index (κ2) is 6.64. The monoisotopic (exact) mass is 316 g/mol. The highest BCUT2D eigenvalue weighted by molar-refractivity contribution is 7.89. The van der Waals surface area contributed by atoms with E-state index in [4.69, 9.17) is 15.2 Å². The molecule has 0 heterocycles. The predicted octanol–water partition coefficient (Wildman–Crippen LogP) is 1.36. The maximum atomic E-state index is 12.5. The smallest absolute Gasteiger partial charge is 0.241 e. The average molecular weight is 316 g/mol. The molecule has 0 amide bonds. The van der Waals surface area contributed by atoms with Crippen LogP contribution in [0.5, 0.6) is 11.5 Å². The fourth-order valence-electron chi connectivity index (χ4n) is 1.74. The van der Waals surface area contributed by atoms with Crippen LogP contribution in [0.1, 0.15) is 20.8 Å². The van der Waals surface area contributed by atoms with Crippen LogP contribution in [0.4, 0.5) is 0 Å². The van der Waals surface area contributed by atoms with E-state index in [1.54, 1.807) is 13.0 Å². The first-order valence-electron chi connectivity index (χ1n) is 6.66. The molecule has 0 saturated heterocycles. The summed E-state index contributed by atoms with van der Waals surface area (Å²) in [5.41, 5.74) is 5.01. The zero-order valence-electron chi connectivity index (χ0n) is 13.1. The number of hydrogen-bond donors (Lipinski definition) is 2. The van der Waals surface area contributed by atoms with Crippen LogP contribution in [0.3, 0.4) is 0 Å². The number of nitrogens with one attached hydrogen (secondary N) is 1. The summed E-state index contributed by atoms with van der Waals surface area (Å²) in [4.78, 5) is 0.112. The summed E-state index contributed by atoms with van der Waals surface area (Å²) in [6, 6.07) is 4.46. The highest BCUT2D eigenvalue weighted by Crippen LogP contribution is 2.30. The molecule has 0 spiro atoms. The molecule has 0 bridgehead atoms. The van der Waals surface area contributed by atoms with Crippen LogP contribution in [0, 0.1) is 5.92 Å². The lowest BCUT2D eigenvalue weighted by Gasteiger charge is -2.33. The molecule has 1 rings (SSSR count). The molecule has 0 fully saturated rings. The van der Waals surface area contributed by atoms with E-state index in [0.29, 0.717) is 11.5 Å². The van der Waals surface area contributed by atoms with Crippen molar-refractivity contribution < 1.29 is 17.9 Å². The number of nitrogens with two attached hydrogens (primary N) is 1. The molecule has 0 saturated carbocycles. The van der Waals surface area contributed by atoms with Crippen molar-refractivity contribution in [1.82, 2.24) is 4.72 Å². The molecule has 120 valence electrons. The maximum absolute atomic E-state index is 12.5. The Morgan fingerprint density at radius 1 is 1.24 bits per heavy atom. The van der Waals surface area contributed by atoms with E-state index in [-0.39, 0.29) is 17.4 Å². The summed E-state index contributed by atoms with van der Waals surface area (Å²) >= 11 is 0. The standard InChI is InChI=1S/C14H24N2O4S/c1-10(2)14(3,9-15)16-21(17,18)11-6-7-12(19-4)13(8-11)20-5/h6-8,10,16H,9,15H2,1-5H3. The molecule has 0 aliphatic carbocycles. The Hall–Kier alpha value is -1.31. The minimum absolute atomic E-state index is 0.0532. The van der Waals surface area contributed by atoms with E-state index in [0.717, 1.165) is 0 Å². The van der Waals surface area contributed by atoms with Crippen LogP contribution >= 0.6 is 0 Å². The number of sulfonamides is 1. The van der Waals surface area contributed by atoms with Crippen molar-refractivity contribution in [3.05, 3.63) is 18.2 Å². The van der Waals surface area contributed by atoms with Crippen LogP contribution in [0.15, 0.2) is 23.1 Å². The molecule has 0 aliphatic heterocycles. The van der Waals surface area contributed by atoms with E-state index < -0.39 is 15.6 Å². The lowest BCUT2D eigenvalue weighted by atomic mass is 9.90. The van der Waals surface area contributed by atoms with Crippen molar-refractivity contribution in [1.29, 1.82) is 0 Å². The van der Waals surface area contributed by atoms with Gasteiger partial charge < -0.3 is 15.2 Å². The first-order chi connectivity index (χ1) is 9.70. The molecule has 6 nitrogen and oxygen atoms in total. The van der Waals surface area contributed by atoms with Crippen LogP contribution in [0.25, 0.3) is 0 Å². The summed E-state index contributed by atoms with van der Waals surface area (Å²) in [6.45, 7) is 5.83. The maximum Gasteiger partial charge on any atom is 0.241 e. The molecule has 1 unspecified atom stereocenters. The first-order valence-corrected chi connectivity index (χ1v) is 8.14. The molecule has 0 aromatic heterocycles. The van der Waals surface area contributed by atoms with E-state index in [1.807, 2.05) is 13.8 Å². The zero-order chi connectivity index (χ0) is 16.3. The highest BCUT2D eigenvalue weighted by atomic mass is 32.2. The van der Waals surface area contributed by atoms with E-state index in [2.05, 4.69) is 4.72 Å². The molecule has 1 aromatic carbocycles. The molecule has 1 atom stereocenters. The molecule has 3 N–H and O–H groups in total. The lowest BCUT2D eigenvalue weighted by molar-refractivity contribution is 0.314. The van der Waals surface area contributed by atoms with Gasteiger partial charge in [0.15, 0.2) is 11.5 Å². The molecule has 7 heteroatoms. The predicted molar refractivity (Wildman–Crippen MR) is 82.2 cm³/mol. The Bertz CT molecular complexity index is 587. The fraction of sp³-hybridized carbons (Fsp3) is 0.571. The first kappa shape index (κ1) is 17.7. The minimum atomic E-state index is -3.70. The highest BCUT2D eigenvalue weighted by Gasteiger charge is 2.32. The van der Waals surface area contributed by atoms with Gasteiger partial charge in [-0.1, -0.05) is 13.8 Å². The van der Waals surface area contributed by atoms with Gasteiger partial charge >= 0.3 is 0 Å². The summed E-state index contributed by atoms with van der Waals surface area (Å²) < 4.78 is 37.9. The van der Waals surface area contributed by atoms with Crippen molar-refractivity contribution in [2.75, 3.05) is 20.8 Å². The minimum Gasteiger partial charge on any atom is -0.493 e. The number of benzene rings is 1. The molecule has 21 heavy (non-hydrogen) atoms. The zero-order valence-corrected chi connectivity index (χ0v) is 14.0. The lowest BCUT2D eigenvalue weighted by Crippen LogP contribution is -2.54. The van der Waals surface area contributed by atoms with Crippen LogP contribution in [0.2, 0.25) is 0 Å². The molecular weight excluding hydrogens is 292 g/mol. The number of ether oxygens (including phenoxy) is 2. The van der Waals surface area contributed by atoms with Crippen molar-refractivity contribution >= 4 is 10.0 Å². The Morgan fingerprint density at radius 3 is 2.24 bits per heavy atom. The van der Waals surface area contributed by atoms with Crippen LogP contribution in [-0.4, -0.2) is 34.7 Å². The van der Waals surface area contributed by atoms with Crippen LogP contribution in [-0.2, 0) is 10.0 Å². The van der Waals surface area contributed by atoms with Gasteiger partial charge in [-0.2, -0.15) is 0 Å². The number of methoxy groups -OCH3 is 2. The van der Waals surface area contributed by atoms with E-state index in [1.165, 1.54) is 26.4 Å². The average Bonchev–Trinajstić information content (AvgIpc) is 2.45. The van der Waals surface area contributed by atoms with E-state index in [9.17, 15) is 8.42 Å². The molecular formula is C14H24N2O4S. The Kier molecular flexibility index (Phi) is 5.61. The summed E-state index contributed by atoms with van der Waals surface area (Å²) in [5.74, 6) is 0.888. The second-order valence-electron chi connectivity index (χ2n) is 5.40. The van der Waals surface area contributed by atoms with Gasteiger partial charge in [-0.3, -0.25) is 0 Å². The van der Waals surface area contributed by atoms with Crippen molar-refractivity contribution in [3.63, 3.8) is 0 Å². The summed E-state index contributed by atoms with van der Waals surface area (Å²) in [5, 5.41) is 0. The van der Waals surface area contributed by atoms with Gasteiger partial charge in [0.05, 0.1) is 19.1 Å². The Balaban J connectivity index is 3.20. The van der Waals surface area contributed by atoms with Gasteiger partial charge in [0.25, 0.3) is 0 Å². The second-order valence-corrected chi connectivity index (χ2v) is 7.08. The number of hydrogen-bond acceptors (Lipinski definition) is 5. The third kappa shape index (κ3) is 3.87. The quantitative estimate of drug-likeness (QED) is 0.792. The van der Waals surface area contributed by atoms with Crippen molar-refractivity contribution in [2.24, 2.45) is 11.7 Å². The van der Waals surface area contributed by atoms with Gasteiger partial charge in [0.1, 0.15) is 0 Å². The van der Waals surface area contributed by atoms with E-state index >= 15 is 0 Å². The molecule has 0 radical (unpaired) electrons. The van der Waals surface area contributed by atoms with Gasteiger partial charge in [0.2, 0.25) is 10.0 Å². The van der Waals surface area contributed by atoms with Gasteiger partial charge in [-0.15, -0.1) is 0 Å². The third-order valence-electron chi connectivity index (χ3n) is 3.73. The largest absolute Gasteiger partial charge is 0.493 e. The summed E-state index contributed by atoms with van der Waals surface area (Å²) in [7, 11) is -0.745. The third-order valence-corrected chi connectivity index (χ3v) is 5.34. The number of rotatable bonds is 7. The summed E-state index contributed by atoms with van der Waals surface area (Å²) in [6.07, 6.45) is 0. The van der Waals surface area contributed by atoms with Gasteiger partial charge in [-0.05, 0) is 25.0 Å². The normalized spacial score (nSPS) is 14.8. The van der Waals surface area contributed by atoms with Gasteiger partial charge in [-0.25, -0.2) is 13.1 Å². The Labute approximate surface area is 126 Å². The Morgan fingerprint density at radius 2 is 1.81 bits per heavy atom. The molecule has 1 aromatic rings. The fourth-order valence-corrected chi connectivity index (χ4v) is 3.30. The molecule has 0 aliphatic rings. The van der Waals surface area contributed by atoms with Crippen molar-refractivity contribution in [2.45, 2.75) is 31.2 Å². The van der Waals surface area contributed by atoms with Crippen molar-refractivity contribution in [3.8, 4) is 11.5 Å². The van der Waals surface area contributed by atoms with Gasteiger partial charge in [0, 0.05) is 18.2 Å². The topological polar surface area (TPSA) is 90.7 Å².